The lowest BCUT2D eigenvalue weighted by atomic mass is 10.0. The van der Waals surface area contributed by atoms with Gasteiger partial charge in [-0.25, -0.2) is 0 Å². The third kappa shape index (κ3) is 2.73. The summed E-state index contributed by atoms with van der Waals surface area (Å²) in [5, 5.41) is 3.52. The Kier molecular flexibility index (Phi) is 3.91. The molecule has 0 spiro atoms. The predicted molar refractivity (Wildman–Crippen MR) is 73.4 cm³/mol. The second kappa shape index (κ2) is 5.81. The number of rotatable bonds is 3. The second-order valence-corrected chi connectivity index (χ2v) is 5.65. The van der Waals surface area contributed by atoms with Crippen molar-refractivity contribution in [2.24, 2.45) is 5.92 Å². The van der Waals surface area contributed by atoms with Crippen molar-refractivity contribution in [1.82, 2.24) is 15.2 Å². The Morgan fingerprint density at radius 3 is 3.00 bits per heavy atom. The normalized spacial score (nSPS) is 26.6. The van der Waals surface area contributed by atoms with E-state index in [0.717, 1.165) is 19.0 Å². The van der Waals surface area contributed by atoms with Crippen molar-refractivity contribution in [2.75, 3.05) is 26.2 Å². The molecule has 1 N–H and O–H groups in total. The molecule has 1 aromatic rings. The smallest absolute Gasteiger partial charge is 0.0488 e. The lowest BCUT2D eigenvalue weighted by Crippen LogP contribution is -2.47. The van der Waals surface area contributed by atoms with E-state index in [1.807, 2.05) is 12.4 Å². The van der Waals surface area contributed by atoms with Crippen LogP contribution in [0.25, 0.3) is 0 Å². The molecule has 0 aromatic carbocycles. The van der Waals surface area contributed by atoms with E-state index >= 15 is 0 Å². The first-order chi connectivity index (χ1) is 8.93. The van der Waals surface area contributed by atoms with E-state index in [9.17, 15) is 0 Å². The molecule has 3 heteroatoms. The summed E-state index contributed by atoms with van der Waals surface area (Å²) in [7, 11) is 0. The summed E-state index contributed by atoms with van der Waals surface area (Å²) in [6, 6.07) is 4.79. The molecule has 1 aromatic heterocycles. The van der Waals surface area contributed by atoms with Gasteiger partial charge in [-0.05, 0) is 30.4 Å². The van der Waals surface area contributed by atoms with Crippen LogP contribution >= 0.6 is 0 Å². The van der Waals surface area contributed by atoms with Crippen molar-refractivity contribution in [3.05, 3.63) is 30.1 Å². The van der Waals surface area contributed by atoms with Gasteiger partial charge in [0.05, 0.1) is 0 Å². The molecule has 1 aliphatic carbocycles. The molecule has 2 heterocycles. The Morgan fingerprint density at radius 1 is 1.33 bits per heavy atom. The van der Waals surface area contributed by atoms with Gasteiger partial charge >= 0.3 is 0 Å². The summed E-state index contributed by atoms with van der Waals surface area (Å²) in [6.07, 6.45) is 9.64. The zero-order chi connectivity index (χ0) is 12.2. The molecule has 3 rings (SSSR count). The second-order valence-electron chi connectivity index (χ2n) is 5.65. The van der Waals surface area contributed by atoms with Gasteiger partial charge in [-0.1, -0.05) is 18.9 Å². The van der Waals surface area contributed by atoms with Crippen molar-refractivity contribution >= 4 is 0 Å². The standard InChI is InChI=1S/C15H23N3/c1-2-5-13(4-1)12-18-9-8-17-11-15(18)14-6-3-7-16-10-14/h3,6-7,10,13,15,17H,1-2,4-5,8-9,11-12H2. The highest BCUT2D eigenvalue weighted by Gasteiger charge is 2.27. The van der Waals surface area contributed by atoms with Crippen LogP contribution in [0.2, 0.25) is 0 Å². The van der Waals surface area contributed by atoms with E-state index in [4.69, 9.17) is 0 Å². The largest absolute Gasteiger partial charge is 0.314 e. The van der Waals surface area contributed by atoms with E-state index < -0.39 is 0 Å². The number of nitrogens with zero attached hydrogens (tertiary/aromatic N) is 2. The van der Waals surface area contributed by atoms with E-state index in [1.165, 1.54) is 44.3 Å². The molecule has 3 nitrogen and oxygen atoms in total. The maximum Gasteiger partial charge on any atom is 0.0488 e. The molecule has 1 unspecified atom stereocenters. The van der Waals surface area contributed by atoms with Crippen molar-refractivity contribution in [3.8, 4) is 0 Å². The van der Waals surface area contributed by atoms with Gasteiger partial charge < -0.3 is 5.32 Å². The summed E-state index contributed by atoms with van der Waals surface area (Å²) >= 11 is 0. The van der Waals surface area contributed by atoms with Crippen LogP contribution in [0.5, 0.6) is 0 Å². The van der Waals surface area contributed by atoms with Gasteiger partial charge in [0.25, 0.3) is 0 Å². The maximum absolute atomic E-state index is 4.27. The minimum atomic E-state index is 0.521. The van der Waals surface area contributed by atoms with Gasteiger partial charge in [-0.15, -0.1) is 0 Å². The third-order valence-electron chi connectivity index (χ3n) is 4.39. The number of piperazine rings is 1. The first-order valence-corrected chi connectivity index (χ1v) is 7.28. The molecule has 98 valence electrons. The summed E-state index contributed by atoms with van der Waals surface area (Å²) in [4.78, 5) is 6.94. The van der Waals surface area contributed by atoms with Crippen LogP contribution in [-0.4, -0.2) is 36.1 Å². The molecular weight excluding hydrogens is 222 g/mol. The maximum atomic E-state index is 4.27. The lowest BCUT2D eigenvalue weighted by molar-refractivity contribution is 0.137. The first kappa shape index (κ1) is 12.1. The number of nitrogens with one attached hydrogen (secondary N) is 1. The molecule has 1 saturated heterocycles. The highest BCUT2D eigenvalue weighted by Crippen LogP contribution is 2.29. The Labute approximate surface area is 110 Å². The topological polar surface area (TPSA) is 28.2 Å². The fourth-order valence-electron chi connectivity index (χ4n) is 3.39. The van der Waals surface area contributed by atoms with E-state index in [1.54, 1.807) is 0 Å². The van der Waals surface area contributed by atoms with Crippen molar-refractivity contribution in [1.29, 1.82) is 0 Å². The average molecular weight is 245 g/mol. The fraction of sp³-hybridized carbons (Fsp3) is 0.667. The molecule has 0 radical (unpaired) electrons. The Morgan fingerprint density at radius 2 is 2.22 bits per heavy atom. The SMILES string of the molecule is c1cncc(C2CNCCN2CC2CCCC2)c1. The molecule has 18 heavy (non-hydrogen) atoms. The fourth-order valence-corrected chi connectivity index (χ4v) is 3.39. The number of hydrogen-bond donors (Lipinski definition) is 1. The van der Waals surface area contributed by atoms with Crippen LogP contribution in [0.15, 0.2) is 24.5 Å². The summed E-state index contributed by atoms with van der Waals surface area (Å²) in [5.41, 5.74) is 1.36. The van der Waals surface area contributed by atoms with E-state index in [0.29, 0.717) is 6.04 Å². The zero-order valence-electron chi connectivity index (χ0n) is 11.0. The molecule has 0 bridgehead atoms. The van der Waals surface area contributed by atoms with Gasteiger partial charge in [0.2, 0.25) is 0 Å². The monoisotopic (exact) mass is 245 g/mol. The van der Waals surface area contributed by atoms with E-state index in [2.05, 4.69) is 27.3 Å². The molecule has 2 aliphatic rings. The molecular formula is C15H23N3. The van der Waals surface area contributed by atoms with Crippen molar-refractivity contribution in [3.63, 3.8) is 0 Å². The van der Waals surface area contributed by atoms with Crippen LogP contribution < -0.4 is 5.32 Å². The van der Waals surface area contributed by atoms with Crippen LogP contribution in [0.1, 0.15) is 37.3 Å². The molecule has 1 aliphatic heterocycles. The molecule has 1 saturated carbocycles. The number of hydrogen-bond acceptors (Lipinski definition) is 3. The van der Waals surface area contributed by atoms with Crippen LogP contribution in [0, 0.1) is 5.92 Å². The minimum absolute atomic E-state index is 0.521. The van der Waals surface area contributed by atoms with Gasteiger partial charge in [0.1, 0.15) is 0 Å². The summed E-state index contributed by atoms with van der Waals surface area (Å²) in [6.45, 7) is 4.65. The van der Waals surface area contributed by atoms with Gasteiger partial charge in [0.15, 0.2) is 0 Å². The quantitative estimate of drug-likeness (QED) is 0.885. The highest BCUT2D eigenvalue weighted by atomic mass is 15.2. The minimum Gasteiger partial charge on any atom is -0.314 e. The van der Waals surface area contributed by atoms with E-state index in [-0.39, 0.29) is 0 Å². The van der Waals surface area contributed by atoms with Crippen molar-refractivity contribution in [2.45, 2.75) is 31.7 Å². The van der Waals surface area contributed by atoms with Gasteiger partial charge in [-0.2, -0.15) is 0 Å². The summed E-state index contributed by atoms with van der Waals surface area (Å²) in [5.74, 6) is 0.933. The zero-order valence-corrected chi connectivity index (χ0v) is 11.0. The van der Waals surface area contributed by atoms with Crippen LogP contribution in [0.4, 0.5) is 0 Å². The van der Waals surface area contributed by atoms with Gasteiger partial charge in [-0.3, -0.25) is 9.88 Å². The Hall–Kier alpha value is -0.930. The predicted octanol–water partition coefficient (Wildman–Crippen LogP) is 2.22. The summed E-state index contributed by atoms with van der Waals surface area (Å²) < 4.78 is 0. The average Bonchev–Trinajstić information content (AvgIpc) is 2.93. The van der Waals surface area contributed by atoms with Crippen molar-refractivity contribution < 1.29 is 0 Å². The molecule has 1 atom stereocenters. The van der Waals surface area contributed by atoms with Gasteiger partial charge in [0, 0.05) is 44.6 Å². The lowest BCUT2D eigenvalue weighted by Gasteiger charge is -2.37. The molecule has 2 fully saturated rings. The van der Waals surface area contributed by atoms with Crippen LogP contribution in [-0.2, 0) is 0 Å². The molecule has 0 amide bonds. The van der Waals surface area contributed by atoms with Crippen LogP contribution in [0.3, 0.4) is 0 Å². The highest BCUT2D eigenvalue weighted by molar-refractivity contribution is 5.15. The first-order valence-electron chi connectivity index (χ1n) is 7.28. The third-order valence-corrected chi connectivity index (χ3v) is 4.39. The number of pyridine rings is 1. The number of aromatic nitrogens is 1. The Bertz CT molecular complexity index is 359. The Balaban J connectivity index is 1.69.